The molecular weight excluding hydrogens is 873 g/mol. The molecule has 4 nitrogen and oxygen atoms in total. The van der Waals surface area contributed by atoms with Crippen molar-refractivity contribution in [3.63, 3.8) is 0 Å². The van der Waals surface area contributed by atoms with Gasteiger partial charge < -0.3 is 9.97 Å². The zero-order valence-corrected chi connectivity index (χ0v) is 46.6. The zero-order valence-electron chi connectivity index (χ0n) is 46.6. The summed E-state index contributed by atoms with van der Waals surface area (Å²) in [6.45, 7) is 41.7. The van der Waals surface area contributed by atoms with Gasteiger partial charge in [-0.2, -0.15) is 0 Å². The minimum atomic E-state index is -0.0872. The molecule has 4 heteroatoms. The molecule has 3 aromatic heterocycles. The lowest BCUT2D eigenvalue weighted by molar-refractivity contribution is 0.568. The first kappa shape index (κ1) is 50.4. The zero-order chi connectivity index (χ0) is 52.1. The highest BCUT2D eigenvalue weighted by Gasteiger charge is 2.28. The summed E-state index contributed by atoms with van der Waals surface area (Å²) in [6, 6.07) is 41.3. The molecular formula is C68H78N4. The van der Waals surface area contributed by atoms with Crippen molar-refractivity contribution in [3.8, 4) is 44.5 Å². The summed E-state index contributed by atoms with van der Waals surface area (Å²) in [6.07, 6.45) is 8.91. The highest BCUT2D eigenvalue weighted by Crippen LogP contribution is 2.43. The van der Waals surface area contributed by atoms with Gasteiger partial charge in [0.1, 0.15) is 0 Å². The standard InChI is InChI=1S/C68H78N4/c1-63(2,3)45-32-42(33-46(38-45)64(4,5)6)60-53-26-24-51(69-53)59(41-22-20-19-21-23-41)52-25-27-54(70-52)61(43-34-47(65(7,8)9)39-48(35-43)66(10,11)12)56-29-31-58(72-56)62(57-30-28-55(60)71-57)44-36-49(67(13,14)15)40-50(37-44)68(16,17)18/h19-40,69,72H,1-18H3. The second-order valence-electron chi connectivity index (χ2n) is 26.8. The summed E-state index contributed by atoms with van der Waals surface area (Å²) >= 11 is 0. The van der Waals surface area contributed by atoms with Crippen LogP contribution in [0.4, 0.5) is 0 Å². The lowest BCUT2D eigenvalue weighted by Crippen LogP contribution is -2.16. The summed E-state index contributed by atoms with van der Waals surface area (Å²) in [5.41, 5.74) is 23.7. The average Bonchev–Trinajstić information content (AvgIpc) is 4.13. The molecule has 9 rings (SSSR count). The van der Waals surface area contributed by atoms with Gasteiger partial charge in [0.25, 0.3) is 0 Å². The average molecular weight is 951 g/mol. The van der Waals surface area contributed by atoms with Crippen molar-refractivity contribution in [3.05, 3.63) is 165 Å². The van der Waals surface area contributed by atoms with Crippen LogP contribution in [-0.2, 0) is 32.5 Å². The van der Waals surface area contributed by atoms with E-state index in [-0.39, 0.29) is 32.5 Å². The summed E-state index contributed by atoms with van der Waals surface area (Å²) in [7, 11) is 0. The van der Waals surface area contributed by atoms with E-state index in [4.69, 9.17) is 9.97 Å². The molecule has 0 unspecified atom stereocenters. The first-order chi connectivity index (χ1) is 33.4. The van der Waals surface area contributed by atoms with E-state index in [1.807, 2.05) is 0 Å². The van der Waals surface area contributed by atoms with Crippen molar-refractivity contribution < 1.29 is 0 Å². The fourth-order valence-corrected chi connectivity index (χ4v) is 9.94. The Hall–Kier alpha value is -6.52. The monoisotopic (exact) mass is 951 g/mol. The molecule has 0 spiro atoms. The van der Waals surface area contributed by atoms with E-state index < -0.39 is 0 Å². The molecule has 2 aliphatic rings. The third kappa shape index (κ3) is 9.99. The van der Waals surface area contributed by atoms with Crippen molar-refractivity contribution in [2.45, 2.75) is 157 Å². The number of nitrogens with one attached hydrogen (secondary N) is 2. The lowest BCUT2D eigenvalue weighted by Gasteiger charge is -2.26. The van der Waals surface area contributed by atoms with Crippen LogP contribution < -0.4 is 0 Å². The van der Waals surface area contributed by atoms with Crippen molar-refractivity contribution in [2.75, 3.05) is 0 Å². The number of nitrogens with zero attached hydrogens (tertiary/aromatic N) is 2. The van der Waals surface area contributed by atoms with Gasteiger partial charge >= 0.3 is 0 Å². The van der Waals surface area contributed by atoms with Crippen LogP contribution in [-0.4, -0.2) is 19.9 Å². The fourth-order valence-electron chi connectivity index (χ4n) is 9.94. The Bertz CT molecular complexity index is 3320. The number of rotatable bonds is 4. The van der Waals surface area contributed by atoms with Crippen LogP contribution in [0.5, 0.6) is 0 Å². The van der Waals surface area contributed by atoms with Gasteiger partial charge in [-0.1, -0.05) is 210 Å². The maximum Gasteiger partial charge on any atom is 0.0737 e. The minimum Gasteiger partial charge on any atom is -0.354 e. The van der Waals surface area contributed by atoms with Gasteiger partial charge in [0, 0.05) is 44.3 Å². The van der Waals surface area contributed by atoms with Crippen molar-refractivity contribution in [1.29, 1.82) is 0 Å². The second kappa shape index (κ2) is 17.6. The minimum absolute atomic E-state index is 0.0802. The topological polar surface area (TPSA) is 57.4 Å². The van der Waals surface area contributed by atoms with E-state index in [1.54, 1.807) is 0 Å². The largest absolute Gasteiger partial charge is 0.354 e. The molecule has 0 radical (unpaired) electrons. The van der Waals surface area contributed by atoms with Gasteiger partial charge in [0.05, 0.1) is 22.8 Å². The second-order valence-corrected chi connectivity index (χ2v) is 26.8. The van der Waals surface area contributed by atoms with Gasteiger partial charge in [-0.3, -0.25) is 0 Å². The van der Waals surface area contributed by atoms with Crippen LogP contribution in [0.25, 0.3) is 90.9 Å². The predicted molar refractivity (Wildman–Crippen MR) is 313 cm³/mol. The van der Waals surface area contributed by atoms with Crippen LogP contribution in [0.2, 0.25) is 0 Å². The molecule has 7 aromatic rings. The Balaban J connectivity index is 1.52. The van der Waals surface area contributed by atoms with E-state index >= 15 is 0 Å². The van der Waals surface area contributed by atoms with E-state index in [0.717, 1.165) is 89.4 Å². The molecule has 0 aliphatic carbocycles. The van der Waals surface area contributed by atoms with Gasteiger partial charge in [0.2, 0.25) is 0 Å². The Morgan fingerprint density at radius 3 is 0.708 bits per heavy atom. The number of H-pyrrole nitrogens is 2. The van der Waals surface area contributed by atoms with Crippen LogP contribution in [0.15, 0.2) is 109 Å². The Morgan fingerprint density at radius 2 is 0.486 bits per heavy atom. The van der Waals surface area contributed by atoms with Gasteiger partial charge in [-0.05, 0) is 137 Å². The third-order valence-electron chi connectivity index (χ3n) is 14.7. The molecule has 2 aliphatic heterocycles. The number of aromatic nitrogens is 4. The molecule has 0 saturated heterocycles. The molecule has 370 valence electrons. The molecule has 0 atom stereocenters. The molecule has 5 heterocycles. The number of benzene rings is 4. The lowest BCUT2D eigenvalue weighted by atomic mass is 9.78. The normalized spacial score (nSPS) is 13.6. The SMILES string of the molecule is CC(C)(C)c1cc(-c2c3nc(c(-c4cc(C(C)(C)C)cc(C(C)(C)C)c4)c4ccc([nH]4)c(-c4cc(C(C)(C)C)cc(C(C)(C)C)c4)c4nc(c(-c5ccccc5)c5ccc2[nH]5)C=C4)C=C3)cc(C(C)(C)C)c1. The summed E-state index contributed by atoms with van der Waals surface area (Å²) in [4.78, 5) is 19.6. The van der Waals surface area contributed by atoms with Gasteiger partial charge in [0.15, 0.2) is 0 Å². The van der Waals surface area contributed by atoms with Crippen molar-refractivity contribution in [1.82, 2.24) is 19.9 Å². The fraction of sp³-hybridized carbons (Fsp3) is 0.353. The van der Waals surface area contributed by atoms with Crippen LogP contribution >= 0.6 is 0 Å². The molecule has 8 bridgehead atoms. The maximum atomic E-state index is 5.79. The van der Waals surface area contributed by atoms with Crippen LogP contribution in [0.1, 0.15) is 181 Å². The third-order valence-corrected chi connectivity index (χ3v) is 14.7. The van der Waals surface area contributed by atoms with E-state index in [1.165, 1.54) is 33.4 Å². The predicted octanol–water partition coefficient (Wildman–Crippen LogP) is 19.1. The molecule has 0 saturated carbocycles. The first-order valence-electron chi connectivity index (χ1n) is 26.1. The Labute approximate surface area is 431 Å². The first-order valence-corrected chi connectivity index (χ1v) is 26.1. The number of aromatic amines is 2. The molecule has 2 N–H and O–H groups in total. The van der Waals surface area contributed by atoms with Gasteiger partial charge in [-0.15, -0.1) is 0 Å². The Kier molecular flexibility index (Phi) is 12.3. The van der Waals surface area contributed by atoms with Crippen molar-refractivity contribution >= 4 is 46.4 Å². The summed E-state index contributed by atoms with van der Waals surface area (Å²) in [5.74, 6) is 0. The number of fused-ring (bicyclic) bond motifs is 8. The smallest absolute Gasteiger partial charge is 0.0737 e. The number of hydrogen-bond donors (Lipinski definition) is 2. The maximum absolute atomic E-state index is 5.79. The quantitative estimate of drug-likeness (QED) is 0.185. The van der Waals surface area contributed by atoms with Crippen LogP contribution in [0.3, 0.4) is 0 Å². The summed E-state index contributed by atoms with van der Waals surface area (Å²) in [5, 5.41) is 0. The van der Waals surface area contributed by atoms with Crippen molar-refractivity contribution in [2.24, 2.45) is 0 Å². The van der Waals surface area contributed by atoms with E-state index in [9.17, 15) is 0 Å². The summed E-state index contributed by atoms with van der Waals surface area (Å²) < 4.78 is 0. The molecule has 0 fully saturated rings. The highest BCUT2D eigenvalue weighted by atomic mass is 14.8. The van der Waals surface area contributed by atoms with Crippen LogP contribution in [0, 0.1) is 0 Å². The van der Waals surface area contributed by atoms with E-state index in [0.29, 0.717) is 0 Å². The molecule has 4 aromatic carbocycles. The highest BCUT2D eigenvalue weighted by molar-refractivity contribution is 6.00. The van der Waals surface area contributed by atoms with E-state index in [2.05, 4.69) is 268 Å². The molecule has 72 heavy (non-hydrogen) atoms. The molecule has 0 amide bonds. The van der Waals surface area contributed by atoms with Gasteiger partial charge in [-0.25, -0.2) is 9.97 Å². The Morgan fingerprint density at radius 1 is 0.264 bits per heavy atom. The number of hydrogen-bond acceptors (Lipinski definition) is 2.